The second kappa shape index (κ2) is 5.63. The molecule has 6 rings (SSSR count). The Bertz CT molecular complexity index is 1150. The second-order valence-electron chi connectivity index (χ2n) is 8.16. The highest BCUT2D eigenvalue weighted by Crippen LogP contribution is 2.49. The van der Waals surface area contributed by atoms with Crippen LogP contribution in [-0.2, 0) is 10.2 Å². The van der Waals surface area contributed by atoms with Crippen LogP contribution in [0.1, 0.15) is 30.9 Å². The summed E-state index contributed by atoms with van der Waals surface area (Å²) in [5.74, 6) is 1.39. The van der Waals surface area contributed by atoms with Crippen molar-refractivity contribution in [1.29, 1.82) is 0 Å². The van der Waals surface area contributed by atoms with Gasteiger partial charge in [-0.25, -0.2) is 0 Å². The highest BCUT2D eigenvalue weighted by molar-refractivity contribution is 6.12. The molecule has 0 radical (unpaired) electrons. The largest absolute Gasteiger partial charge is 0.484 e. The van der Waals surface area contributed by atoms with Crippen LogP contribution in [0.3, 0.4) is 0 Å². The predicted octanol–water partition coefficient (Wildman–Crippen LogP) is 3.49. The van der Waals surface area contributed by atoms with Crippen LogP contribution in [0.25, 0.3) is 6.08 Å². The van der Waals surface area contributed by atoms with Crippen molar-refractivity contribution >= 4 is 23.4 Å². The van der Waals surface area contributed by atoms with Gasteiger partial charge in [0.05, 0.1) is 17.4 Å². The summed E-state index contributed by atoms with van der Waals surface area (Å²) in [4.78, 5) is 11.8. The number of nitrogens with zero attached hydrogens (tertiary/aromatic N) is 1. The average Bonchev–Trinajstić information content (AvgIpc) is 3.25. The molecular formula is C23H20NO5+. The van der Waals surface area contributed by atoms with Crippen molar-refractivity contribution in [3.63, 3.8) is 0 Å². The van der Waals surface area contributed by atoms with Crippen molar-refractivity contribution in [3.8, 4) is 17.2 Å². The minimum absolute atomic E-state index is 0.0356. The quantitative estimate of drug-likeness (QED) is 0.795. The Morgan fingerprint density at radius 3 is 2.83 bits per heavy atom. The molecular weight excluding hydrogens is 370 g/mol. The SMILES string of the molecule is CC1(CC(=O)O)C2=[N+](CCC3Oc4cc5c(cc4C=C23)OCO5)c2ccccc21. The molecule has 2 aromatic carbocycles. The molecule has 146 valence electrons. The van der Waals surface area contributed by atoms with Crippen LogP contribution in [0, 0.1) is 0 Å². The van der Waals surface area contributed by atoms with E-state index in [-0.39, 0.29) is 19.3 Å². The zero-order valence-electron chi connectivity index (χ0n) is 16.0. The Balaban J connectivity index is 1.56. The summed E-state index contributed by atoms with van der Waals surface area (Å²) in [5.41, 5.74) is 4.59. The van der Waals surface area contributed by atoms with Gasteiger partial charge in [0.15, 0.2) is 23.8 Å². The van der Waals surface area contributed by atoms with Gasteiger partial charge in [-0.05, 0) is 19.1 Å². The van der Waals surface area contributed by atoms with Crippen molar-refractivity contribution in [3.05, 3.63) is 53.1 Å². The molecule has 0 amide bonds. The molecule has 29 heavy (non-hydrogen) atoms. The molecule has 0 fully saturated rings. The molecule has 6 heteroatoms. The predicted molar refractivity (Wildman–Crippen MR) is 105 cm³/mol. The molecule has 4 aliphatic heterocycles. The van der Waals surface area contributed by atoms with Gasteiger partial charge in [-0.2, -0.15) is 4.58 Å². The number of rotatable bonds is 2. The zero-order valence-corrected chi connectivity index (χ0v) is 16.0. The first-order chi connectivity index (χ1) is 14.0. The van der Waals surface area contributed by atoms with Gasteiger partial charge in [-0.15, -0.1) is 0 Å². The van der Waals surface area contributed by atoms with Crippen LogP contribution in [-0.4, -0.2) is 40.8 Å². The summed E-state index contributed by atoms with van der Waals surface area (Å²) in [6.45, 7) is 3.05. The molecule has 4 aliphatic rings. The third kappa shape index (κ3) is 2.23. The van der Waals surface area contributed by atoms with E-state index in [0.29, 0.717) is 11.5 Å². The number of carboxylic acids is 1. The minimum Gasteiger partial charge on any atom is -0.484 e. The molecule has 4 heterocycles. The lowest BCUT2D eigenvalue weighted by molar-refractivity contribution is -0.444. The maximum absolute atomic E-state index is 11.8. The van der Waals surface area contributed by atoms with E-state index < -0.39 is 11.4 Å². The summed E-state index contributed by atoms with van der Waals surface area (Å²) >= 11 is 0. The van der Waals surface area contributed by atoms with E-state index in [1.54, 1.807) is 0 Å². The Labute approximate surface area is 167 Å². The van der Waals surface area contributed by atoms with Gasteiger partial charge in [0.1, 0.15) is 11.9 Å². The topological polar surface area (TPSA) is 68.0 Å². The number of para-hydroxylation sites is 1. The van der Waals surface area contributed by atoms with E-state index in [0.717, 1.165) is 46.8 Å². The lowest BCUT2D eigenvalue weighted by Crippen LogP contribution is -2.45. The van der Waals surface area contributed by atoms with Gasteiger partial charge in [0.25, 0.3) is 0 Å². The van der Waals surface area contributed by atoms with Gasteiger partial charge in [0.2, 0.25) is 12.5 Å². The van der Waals surface area contributed by atoms with E-state index in [2.05, 4.69) is 22.8 Å². The Morgan fingerprint density at radius 1 is 1.21 bits per heavy atom. The van der Waals surface area contributed by atoms with E-state index in [1.807, 2.05) is 31.2 Å². The first-order valence-electron chi connectivity index (χ1n) is 9.83. The van der Waals surface area contributed by atoms with E-state index in [9.17, 15) is 9.90 Å². The third-order valence-electron chi connectivity index (χ3n) is 6.41. The Hall–Kier alpha value is -3.28. The van der Waals surface area contributed by atoms with Crippen LogP contribution >= 0.6 is 0 Å². The fraction of sp³-hybridized carbons (Fsp3) is 0.304. The Kier molecular flexibility index (Phi) is 3.23. The monoisotopic (exact) mass is 390 g/mol. The number of fused-ring (bicyclic) bond motifs is 6. The van der Waals surface area contributed by atoms with Gasteiger partial charge >= 0.3 is 5.97 Å². The van der Waals surface area contributed by atoms with E-state index in [1.165, 1.54) is 0 Å². The summed E-state index contributed by atoms with van der Waals surface area (Å²) in [7, 11) is 0. The molecule has 2 atom stereocenters. The molecule has 1 N–H and O–H groups in total. The lowest BCUT2D eigenvalue weighted by Gasteiger charge is -2.32. The maximum atomic E-state index is 11.8. The summed E-state index contributed by atoms with van der Waals surface area (Å²) < 4.78 is 19.7. The number of ether oxygens (including phenoxy) is 3. The molecule has 0 aromatic heterocycles. The van der Waals surface area contributed by atoms with Crippen LogP contribution in [0.15, 0.2) is 42.0 Å². The molecule has 0 aliphatic carbocycles. The van der Waals surface area contributed by atoms with Crippen molar-refractivity contribution < 1.29 is 28.7 Å². The smallest absolute Gasteiger partial charge is 0.304 e. The van der Waals surface area contributed by atoms with Crippen LogP contribution in [0.2, 0.25) is 0 Å². The molecule has 0 spiro atoms. The molecule has 2 unspecified atom stereocenters. The number of benzene rings is 2. The van der Waals surface area contributed by atoms with E-state index in [4.69, 9.17) is 14.2 Å². The summed E-state index contributed by atoms with van der Waals surface area (Å²) in [5, 5.41) is 9.70. The number of hydrogen-bond donors (Lipinski definition) is 1. The highest BCUT2D eigenvalue weighted by atomic mass is 16.7. The standard InChI is InChI=1S/C23H19NO5/c1-23(11-21(25)26)15-4-2-3-5-16(15)24-7-6-17-14(22(23)24)8-13-9-19-20(28-12-27-19)10-18(13)29-17/h2-5,8-10,17H,6-7,11-12H2,1H3/p+1. The first kappa shape index (κ1) is 16.7. The first-order valence-corrected chi connectivity index (χ1v) is 9.83. The van der Waals surface area contributed by atoms with Gasteiger partial charge in [0, 0.05) is 29.7 Å². The van der Waals surface area contributed by atoms with Gasteiger partial charge in [-0.3, -0.25) is 4.79 Å². The van der Waals surface area contributed by atoms with Gasteiger partial charge in [-0.1, -0.05) is 18.2 Å². The number of hydrogen-bond acceptors (Lipinski definition) is 4. The molecule has 0 bridgehead atoms. The van der Waals surface area contributed by atoms with Crippen LogP contribution in [0.4, 0.5) is 5.69 Å². The Morgan fingerprint density at radius 2 is 2.00 bits per heavy atom. The fourth-order valence-electron chi connectivity index (χ4n) is 5.22. The maximum Gasteiger partial charge on any atom is 0.304 e. The van der Waals surface area contributed by atoms with Crippen molar-refractivity contribution in [2.24, 2.45) is 0 Å². The highest BCUT2D eigenvalue weighted by Gasteiger charge is 2.55. The minimum atomic E-state index is -0.806. The van der Waals surface area contributed by atoms with Crippen LogP contribution in [0.5, 0.6) is 17.2 Å². The zero-order chi connectivity index (χ0) is 19.8. The van der Waals surface area contributed by atoms with Crippen molar-refractivity contribution in [2.75, 3.05) is 13.3 Å². The van der Waals surface area contributed by atoms with Gasteiger partial charge < -0.3 is 19.3 Å². The molecule has 2 aromatic rings. The summed E-state index contributed by atoms with van der Waals surface area (Å²) in [6.07, 6.45) is 2.91. The van der Waals surface area contributed by atoms with Crippen LogP contribution < -0.4 is 14.2 Å². The fourth-order valence-corrected chi connectivity index (χ4v) is 5.22. The summed E-state index contributed by atoms with van der Waals surface area (Å²) in [6, 6.07) is 12.0. The number of carboxylic acid groups (broad SMARTS) is 1. The normalized spacial score (nSPS) is 25.4. The average molecular weight is 390 g/mol. The number of carbonyl (C=O) groups is 1. The van der Waals surface area contributed by atoms with Crippen molar-refractivity contribution in [2.45, 2.75) is 31.3 Å². The lowest BCUT2D eigenvalue weighted by atomic mass is 9.72. The molecule has 6 nitrogen and oxygen atoms in total. The second-order valence-corrected chi connectivity index (χ2v) is 8.16. The number of aliphatic carboxylic acids is 1. The van der Waals surface area contributed by atoms with E-state index >= 15 is 0 Å². The third-order valence-corrected chi connectivity index (χ3v) is 6.41. The molecule has 0 saturated carbocycles. The van der Waals surface area contributed by atoms with Crippen molar-refractivity contribution in [1.82, 2.24) is 0 Å². The molecule has 0 saturated heterocycles.